The number of aryl methyl sites for hydroxylation is 1. The number of nitrogen functional groups attached to an aromatic ring is 1. The number of ether oxygens (including phenoxy) is 1. The van der Waals surface area contributed by atoms with Crippen molar-refractivity contribution in [1.82, 2.24) is 4.57 Å². The Morgan fingerprint density at radius 2 is 1.95 bits per heavy atom. The van der Waals surface area contributed by atoms with Crippen LogP contribution in [0.5, 0.6) is 5.75 Å². The van der Waals surface area contributed by atoms with Crippen LogP contribution in [0.3, 0.4) is 0 Å². The van der Waals surface area contributed by atoms with Gasteiger partial charge in [0.05, 0.1) is 12.8 Å². The number of aromatic nitrogens is 1. The summed E-state index contributed by atoms with van der Waals surface area (Å²) >= 11 is 0. The van der Waals surface area contributed by atoms with Crippen molar-refractivity contribution in [2.45, 2.75) is 38.0 Å². The Labute approximate surface area is 126 Å². The van der Waals surface area contributed by atoms with E-state index in [4.69, 9.17) is 10.5 Å². The van der Waals surface area contributed by atoms with Crippen molar-refractivity contribution >= 4 is 5.69 Å². The Bertz CT molecular complexity index is 624. The first-order chi connectivity index (χ1) is 10.2. The molecular weight excluding hydrogens is 260 g/mol. The molecule has 0 aliphatic heterocycles. The minimum atomic E-state index is 0.628. The zero-order valence-corrected chi connectivity index (χ0v) is 12.9. The number of hydrogen-bond donors (Lipinski definition) is 1. The highest BCUT2D eigenvalue weighted by atomic mass is 16.5. The van der Waals surface area contributed by atoms with Crippen LogP contribution in [0.4, 0.5) is 5.69 Å². The van der Waals surface area contributed by atoms with E-state index < -0.39 is 0 Å². The monoisotopic (exact) mass is 284 g/mol. The fourth-order valence-electron chi connectivity index (χ4n) is 3.45. The molecule has 112 valence electrons. The summed E-state index contributed by atoms with van der Waals surface area (Å²) < 4.78 is 7.53. The van der Waals surface area contributed by atoms with Crippen LogP contribution in [-0.2, 0) is 7.05 Å². The van der Waals surface area contributed by atoms with Crippen LogP contribution in [-0.4, -0.2) is 11.7 Å². The van der Waals surface area contributed by atoms with E-state index >= 15 is 0 Å². The lowest BCUT2D eigenvalue weighted by Crippen LogP contribution is -2.07. The molecule has 1 aliphatic carbocycles. The van der Waals surface area contributed by atoms with E-state index in [-0.39, 0.29) is 0 Å². The average Bonchev–Trinajstić information content (AvgIpc) is 2.94. The van der Waals surface area contributed by atoms with Crippen LogP contribution in [0, 0.1) is 0 Å². The largest absolute Gasteiger partial charge is 0.495 e. The Kier molecular flexibility index (Phi) is 3.91. The van der Waals surface area contributed by atoms with E-state index in [2.05, 4.69) is 42.2 Å². The van der Waals surface area contributed by atoms with E-state index in [1.54, 1.807) is 7.11 Å². The quantitative estimate of drug-likeness (QED) is 0.852. The second-order valence-corrected chi connectivity index (χ2v) is 6.08. The summed E-state index contributed by atoms with van der Waals surface area (Å²) in [5.41, 5.74) is 10.8. The molecule has 1 fully saturated rings. The number of nitrogens with two attached hydrogens (primary N) is 1. The third kappa shape index (κ3) is 2.78. The van der Waals surface area contributed by atoms with Gasteiger partial charge in [0.15, 0.2) is 0 Å². The van der Waals surface area contributed by atoms with Gasteiger partial charge < -0.3 is 15.0 Å². The Morgan fingerprint density at radius 1 is 1.19 bits per heavy atom. The lowest BCUT2D eigenvalue weighted by molar-refractivity contribution is 0.412. The van der Waals surface area contributed by atoms with Gasteiger partial charge in [-0.15, -0.1) is 0 Å². The topological polar surface area (TPSA) is 40.2 Å². The van der Waals surface area contributed by atoms with Gasteiger partial charge in [-0.25, -0.2) is 0 Å². The molecule has 0 radical (unpaired) electrons. The molecule has 0 atom stereocenters. The number of nitrogens with zero attached hydrogens (tertiary/aromatic N) is 1. The van der Waals surface area contributed by atoms with Crippen molar-refractivity contribution in [2.75, 3.05) is 12.8 Å². The van der Waals surface area contributed by atoms with Gasteiger partial charge in [0.25, 0.3) is 0 Å². The minimum Gasteiger partial charge on any atom is -0.495 e. The molecule has 1 aliphatic rings. The zero-order valence-electron chi connectivity index (χ0n) is 12.9. The van der Waals surface area contributed by atoms with E-state index in [0.717, 1.165) is 11.4 Å². The highest BCUT2D eigenvalue weighted by Crippen LogP contribution is 2.41. The predicted molar refractivity (Wildman–Crippen MR) is 87.6 cm³/mol. The molecule has 0 bridgehead atoms. The first-order valence-electron chi connectivity index (χ1n) is 7.79. The van der Waals surface area contributed by atoms with E-state index in [9.17, 15) is 0 Å². The second-order valence-electron chi connectivity index (χ2n) is 6.08. The lowest BCUT2D eigenvalue weighted by atomic mass is 9.81. The van der Waals surface area contributed by atoms with Gasteiger partial charge in [0.2, 0.25) is 0 Å². The van der Waals surface area contributed by atoms with Crippen LogP contribution >= 0.6 is 0 Å². The molecule has 1 saturated carbocycles. The van der Waals surface area contributed by atoms with Gasteiger partial charge in [-0.05, 0) is 53.6 Å². The maximum absolute atomic E-state index is 6.14. The van der Waals surface area contributed by atoms with E-state index in [0.29, 0.717) is 5.92 Å². The molecule has 3 heteroatoms. The average molecular weight is 284 g/mol. The predicted octanol–water partition coefficient (Wildman–Crippen LogP) is 4.33. The maximum atomic E-state index is 6.14. The summed E-state index contributed by atoms with van der Waals surface area (Å²) in [7, 11) is 3.75. The SMILES string of the molecule is COc1cc(C2CCCCC2)c(-c2ccn(C)c2)cc1N. The number of benzene rings is 1. The van der Waals surface area contributed by atoms with E-state index in [1.807, 2.05) is 0 Å². The van der Waals surface area contributed by atoms with Gasteiger partial charge in [0, 0.05) is 19.4 Å². The molecule has 2 N–H and O–H groups in total. The van der Waals surface area contributed by atoms with Crippen molar-refractivity contribution in [3.05, 3.63) is 36.2 Å². The van der Waals surface area contributed by atoms with Crippen LogP contribution in [0.1, 0.15) is 43.6 Å². The first kappa shape index (κ1) is 14.1. The van der Waals surface area contributed by atoms with Gasteiger partial charge in [-0.3, -0.25) is 0 Å². The third-order valence-electron chi connectivity index (χ3n) is 4.59. The molecular formula is C18H24N2O. The highest BCUT2D eigenvalue weighted by Gasteiger charge is 2.21. The summed E-state index contributed by atoms with van der Waals surface area (Å²) in [6.07, 6.45) is 10.8. The summed E-state index contributed by atoms with van der Waals surface area (Å²) in [6.45, 7) is 0. The number of hydrogen-bond acceptors (Lipinski definition) is 2. The number of anilines is 1. The smallest absolute Gasteiger partial charge is 0.142 e. The standard InChI is InChI=1S/C18H24N2O/c1-20-9-8-14(12-20)15-10-17(19)18(21-2)11-16(15)13-6-4-3-5-7-13/h8-13H,3-7,19H2,1-2H3. The highest BCUT2D eigenvalue weighted by molar-refractivity contribution is 5.74. The van der Waals surface area contributed by atoms with Crippen molar-refractivity contribution in [3.63, 3.8) is 0 Å². The zero-order chi connectivity index (χ0) is 14.8. The maximum Gasteiger partial charge on any atom is 0.142 e. The molecule has 0 spiro atoms. The Hall–Kier alpha value is -1.90. The minimum absolute atomic E-state index is 0.628. The molecule has 3 rings (SSSR count). The summed E-state index contributed by atoms with van der Waals surface area (Å²) in [5, 5.41) is 0. The number of methoxy groups -OCH3 is 1. The molecule has 1 heterocycles. The van der Waals surface area contributed by atoms with Gasteiger partial charge in [-0.2, -0.15) is 0 Å². The molecule has 0 unspecified atom stereocenters. The third-order valence-corrected chi connectivity index (χ3v) is 4.59. The lowest BCUT2D eigenvalue weighted by Gasteiger charge is -2.25. The van der Waals surface area contributed by atoms with Gasteiger partial charge >= 0.3 is 0 Å². The van der Waals surface area contributed by atoms with Crippen molar-refractivity contribution in [2.24, 2.45) is 7.05 Å². The van der Waals surface area contributed by atoms with Crippen molar-refractivity contribution in [1.29, 1.82) is 0 Å². The molecule has 21 heavy (non-hydrogen) atoms. The Morgan fingerprint density at radius 3 is 2.57 bits per heavy atom. The van der Waals surface area contributed by atoms with Crippen LogP contribution in [0.15, 0.2) is 30.6 Å². The first-order valence-corrected chi connectivity index (χ1v) is 7.79. The van der Waals surface area contributed by atoms with Crippen LogP contribution in [0.2, 0.25) is 0 Å². The van der Waals surface area contributed by atoms with E-state index in [1.165, 1.54) is 48.8 Å². The molecule has 0 amide bonds. The molecule has 3 nitrogen and oxygen atoms in total. The van der Waals surface area contributed by atoms with Crippen molar-refractivity contribution < 1.29 is 4.74 Å². The molecule has 0 saturated heterocycles. The fraction of sp³-hybridized carbons (Fsp3) is 0.444. The fourth-order valence-corrected chi connectivity index (χ4v) is 3.45. The van der Waals surface area contributed by atoms with Crippen LogP contribution in [0.25, 0.3) is 11.1 Å². The van der Waals surface area contributed by atoms with Gasteiger partial charge in [0.1, 0.15) is 5.75 Å². The summed E-state index contributed by atoms with van der Waals surface area (Å²) in [4.78, 5) is 0. The van der Waals surface area contributed by atoms with Crippen LogP contribution < -0.4 is 10.5 Å². The summed E-state index contributed by atoms with van der Waals surface area (Å²) in [5.74, 6) is 1.43. The van der Waals surface area contributed by atoms with Crippen molar-refractivity contribution in [3.8, 4) is 16.9 Å². The van der Waals surface area contributed by atoms with Gasteiger partial charge in [-0.1, -0.05) is 19.3 Å². The molecule has 1 aromatic heterocycles. The normalized spacial score (nSPS) is 16.1. The second kappa shape index (κ2) is 5.84. The Balaban J connectivity index is 2.09. The molecule has 2 aromatic rings. The summed E-state index contributed by atoms with van der Waals surface area (Å²) in [6, 6.07) is 6.40. The number of rotatable bonds is 3. The molecule has 1 aromatic carbocycles.